The molecule has 0 aliphatic heterocycles. The van der Waals surface area contributed by atoms with Crippen molar-refractivity contribution in [2.45, 2.75) is 13.0 Å². The fraction of sp³-hybridized carbons (Fsp3) is 0.286. The summed E-state index contributed by atoms with van der Waals surface area (Å²) in [5.41, 5.74) is 4.29. The maximum atomic E-state index is 12.7. The van der Waals surface area contributed by atoms with Gasteiger partial charge in [0.15, 0.2) is 0 Å². The summed E-state index contributed by atoms with van der Waals surface area (Å²) >= 11 is 0. The van der Waals surface area contributed by atoms with Crippen molar-refractivity contribution in [3.8, 4) is 0 Å². The van der Waals surface area contributed by atoms with Gasteiger partial charge in [0.25, 0.3) is 6.43 Å². The first-order valence-electron chi connectivity index (χ1n) is 3.40. The third-order valence-corrected chi connectivity index (χ3v) is 1.52. The molecule has 72 valence electrons. The predicted molar refractivity (Wildman–Crippen MR) is 39.5 cm³/mol. The highest BCUT2D eigenvalue weighted by Crippen LogP contribution is 2.24. The smallest absolute Gasteiger partial charge is 0.268 e. The van der Waals surface area contributed by atoms with Crippen LogP contribution in [-0.2, 0) is 6.61 Å². The number of rotatable bonds is 2. The summed E-state index contributed by atoms with van der Waals surface area (Å²) < 4.78 is 36.8. The Kier molecular flexibility index (Phi) is 2.72. The lowest BCUT2D eigenvalue weighted by molar-refractivity contribution is 0.145. The number of pyridine rings is 1. The van der Waals surface area contributed by atoms with Crippen LogP contribution in [0.25, 0.3) is 0 Å². The number of anilines is 1. The van der Waals surface area contributed by atoms with Crippen LogP contribution in [0.3, 0.4) is 0 Å². The highest BCUT2D eigenvalue weighted by Gasteiger charge is 2.16. The van der Waals surface area contributed by atoms with Gasteiger partial charge in [-0.2, -0.15) is 4.39 Å². The standard InChI is InChI=1S/C7H7F3N2O/c8-5(9)4-1-3(2-13)7(11)12-6(4)10/h1,5,13H,2H2,(H2,11,12). The Hall–Kier alpha value is -1.30. The molecule has 0 fully saturated rings. The van der Waals surface area contributed by atoms with Crippen molar-refractivity contribution in [1.82, 2.24) is 4.98 Å². The summed E-state index contributed by atoms with van der Waals surface area (Å²) in [6.45, 7) is -0.543. The van der Waals surface area contributed by atoms with Gasteiger partial charge in [0.1, 0.15) is 5.82 Å². The van der Waals surface area contributed by atoms with Crippen molar-refractivity contribution >= 4 is 5.82 Å². The molecule has 0 radical (unpaired) electrons. The molecule has 0 saturated carbocycles. The molecular formula is C7H7F3N2O. The highest BCUT2D eigenvalue weighted by molar-refractivity contribution is 5.41. The number of hydrogen-bond donors (Lipinski definition) is 2. The molecule has 1 rings (SSSR count). The van der Waals surface area contributed by atoms with Crippen molar-refractivity contribution in [2.24, 2.45) is 0 Å². The van der Waals surface area contributed by atoms with Gasteiger partial charge in [-0.05, 0) is 6.07 Å². The van der Waals surface area contributed by atoms with Gasteiger partial charge in [0.05, 0.1) is 12.2 Å². The Morgan fingerprint density at radius 3 is 2.62 bits per heavy atom. The summed E-state index contributed by atoms with van der Waals surface area (Å²) in [5.74, 6) is -1.57. The Morgan fingerprint density at radius 2 is 2.15 bits per heavy atom. The molecule has 0 spiro atoms. The summed E-state index contributed by atoms with van der Waals surface area (Å²) in [7, 11) is 0. The van der Waals surface area contributed by atoms with E-state index in [0.29, 0.717) is 0 Å². The molecular weight excluding hydrogens is 185 g/mol. The number of nitrogen functional groups attached to an aromatic ring is 1. The van der Waals surface area contributed by atoms with Crippen LogP contribution >= 0.6 is 0 Å². The Bertz CT molecular complexity index is 317. The van der Waals surface area contributed by atoms with E-state index in [0.717, 1.165) is 6.07 Å². The van der Waals surface area contributed by atoms with Crippen LogP contribution in [0.1, 0.15) is 17.6 Å². The molecule has 1 heterocycles. The number of aliphatic hydroxyl groups excluding tert-OH is 1. The van der Waals surface area contributed by atoms with Gasteiger partial charge in [-0.25, -0.2) is 13.8 Å². The van der Waals surface area contributed by atoms with Crippen LogP contribution in [0.5, 0.6) is 0 Å². The van der Waals surface area contributed by atoms with E-state index < -0.39 is 24.5 Å². The lowest BCUT2D eigenvalue weighted by Crippen LogP contribution is -2.04. The molecule has 1 aromatic rings. The lowest BCUT2D eigenvalue weighted by atomic mass is 10.2. The van der Waals surface area contributed by atoms with Gasteiger partial charge in [-0.15, -0.1) is 0 Å². The maximum absolute atomic E-state index is 12.7. The Balaban J connectivity index is 3.22. The largest absolute Gasteiger partial charge is 0.392 e. The minimum Gasteiger partial charge on any atom is -0.392 e. The molecule has 0 bridgehead atoms. The monoisotopic (exact) mass is 192 g/mol. The van der Waals surface area contributed by atoms with Crippen LogP contribution in [0.15, 0.2) is 6.07 Å². The van der Waals surface area contributed by atoms with E-state index in [9.17, 15) is 13.2 Å². The summed E-state index contributed by atoms with van der Waals surface area (Å²) in [4.78, 5) is 3.04. The molecule has 0 aliphatic carbocycles. The molecule has 0 saturated heterocycles. The van der Waals surface area contributed by atoms with Crippen molar-refractivity contribution in [1.29, 1.82) is 0 Å². The molecule has 0 aromatic carbocycles. The molecule has 6 heteroatoms. The third-order valence-electron chi connectivity index (χ3n) is 1.52. The van der Waals surface area contributed by atoms with Crippen LogP contribution < -0.4 is 5.73 Å². The third kappa shape index (κ3) is 1.89. The maximum Gasteiger partial charge on any atom is 0.268 e. The van der Waals surface area contributed by atoms with E-state index in [1.54, 1.807) is 0 Å². The van der Waals surface area contributed by atoms with E-state index in [1.807, 2.05) is 0 Å². The predicted octanol–water partition coefficient (Wildman–Crippen LogP) is 1.23. The van der Waals surface area contributed by atoms with Crippen LogP contribution in [0, 0.1) is 5.95 Å². The zero-order valence-corrected chi connectivity index (χ0v) is 6.47. The van der Waals surface area contributed by atoms with Gasteiger partial charge in [0.2, 0.25) is 5.95 Å². The highest BCUT2D eigenvalue weighted by atomic mass is 19.3. The lowest BCUT2D eigenvalue weighted by Gasteiger charge is -2.05. The first kappa shape index (κ1) is 9.79. The van der Waals surface area contributed by atoms with E-state index in [1.165, 1.54) is 0 Å². The minimum absolute atomic E-state index is 0.00306. The second kappa shape index (κ2) is 3.61. The summed E-state index contributed by atoms with van der Waals surface area (Å²) in [6.07, 6.45) is -2.96. The summed E-state index contributed by atoms with van der Waals surface area (Å²) in [5, 5.41) is 8.63. The van der Waals surface area contributed by atoms with Crippen molar-refractivity contribution in [3.05, 3.63) is 23.1 Å². The first-order chi connectivity index (χ1) is 6.06. The molecule has 13 heavy (non-hydrogen) atoms. The molecule has 0 atom stereocenters. The summed E-state index contributed by atoms with van der Waals surface area (Å²) in [6, 6.07) is 0.808. The fourth-order valence-electron chi connectivity index (χ4n) is 0.843. The minimum atomic E-state index is -2.96. The second-order valence-electron chi connectivity index (χ2n) is 2.37. The molecule has 0 aliphatic rings. The SMILES string of the molecule is Nc1nc(F)c(C(F)F)cc1CO. The number of alkyl halides is 2. The van der Waals surface area contributed by atoms with Crippen LogP contribution in [0.2, 0.25) is 0 Å². The molecule has 1 aromatic heterocycles. The quantitative estimate of drug-likeness (QED) is 0.693. The number of hydrogen-bond acceptors (Lipinski definition) is 3. The van der Waals surface area contributed by atoms with E-state index in [2.05, 4.69) is 4.98 Å². The number of aromatic nitrogens is 1. The number of nitrogens with two attached hydrogens (primary N) is 1. The molecule has 0 amide bonds. The van der Waals surface area contributed by atoms with Crippen LogP contribution in [-0.4, -0.2) is 10.1 Å². The van der Waals surface area contributed by atoms with Crippen molar-refractivity contribution in [3.63, 3.8) is 0 Å². The second-order valence-corrected chi connectivity index (χ2v) is 2.37. The molecule has 3 N–H and O–H groups in total. The van der Waals surface area contributed by atoms with E-state index in [4.69, 9.17) is 10.8 Å². The van der Waals surface area contributed by atoms with Gasteiger partial charge in [-0.3, -0.25) is 0 Å². The van der Waals surface area contributed by atoms with Crippen molar-refractivity contribution in [2.75, 3.05) is 5.73 Å². The van der Waals surface area contributed by atoms with Gasteiger partial charge < -0.3 is 10.8 Å². The number of halogens is 3. The average Bonchev–Trinajstić information content (AvgIpc) is 2.03. The Morgan fingerprint density at radius 1 is 1.54 bits per heavy atom. The topological polar surface area (TPSA) is 59.1 Å². The number of nitrogens with zero attached hydrogens (tertiary/aromatic N) is 1. The zero-order valence-electron chi connectivity index (χ0n) is 6.47. The average molecular weight is 192 g/mol. The first-order valence-corrected chi connectivity index (χ1v) is 3.40. The molecule has 3 nitrogen and oxygen atoms in total. The van der Waals surface area contributed by atoms with Crippen LogP contribution in [0.4, 0.5) is 19.0 Å². The molecule has 0 unspecified atom stereocenters. The number of aliphatic hydroxyl groups is 1. The van der Waals surface area contributed by atoms with Gasteiger partial charge in [0, 0.05) is 5.56 Å². The zero-order chi connectivity index (χ0) is 10.0. The van der Waals surface area contributed by atoms with Crippen molar-refractivity contribution < 1.29 is 18.3 Å². The van der Waals surface area contributed by atoms with Gasteiger partial charge in [-0.1, -0.05) is 0 Å². The normalized spacial score (nSPS) is 10.8. The fourth-order valence-corrected chi connectivity index (χ4v) is 0.843. The Labute approximate surface area is 72.0 Å². The van der Waals surface area contributed by atoms with E-state index >= 15 is 0 Å². The van der Waals surface area contributed by atoms with E-state index in [-0.39, 0.29) is 11.4 Å². The van der Waals surface area contributed by atoms with Gasteiger partial charge >= 0.3 is 0 Å².